The molecule has 28 heavy (non-hydrogen) atoms. The van der Waals surface area contributed by atoms with Gasteiger partial charge in [0.05, 0.1) is 34.4 Å². The molecular formula is C21H15FN4OS. The fraction of sp³-hybridized carbons (Fsp3) is 0.0476. The van der Waals surface area contributed by atoms with Gasteiger partial charge in [0, 0.05) is 17.1 Å². The van der Waals surface area contributed by atoms with Gasteiger partial charge in [0.2, 0.25) is 0 Å². The summed E-state index contributed by atoms with van der Waals surface area (Å²) in [5.41, 5.74) is 3.92. The van der Waals surface area contributed by atoms with Gasteiger partial charge in [-0.05, 0) is 37.9 Å². The van der Waals surface area contributed by atoms with E-state index in [9.17, 15) is 4.39 Å². The van der Waals surface area contributed by atoms with Gasteiger partial charge in [0.1, 0.15) is 16.5 Å². The third-order valence-electron chi connectivity index (χ3n) is 4.10. The molecule has 0 N–H and O–H groups in total. The third-order valence-corrected chi connectivity index (χ3v) is 5.33. The van der Waals surface area contributed by atoms with E-state index in [1.165, 1.54) is 23.6 Å². The number of aromatic nitrogens is 3. The van der Waals surface area contributed by atoms with Crippen molar-refractivity contribution in [3.8, 4) is 21.1 Å². The van der Waals surface area contributed by atoms with Crippen LogP contribution in [0.25, 0.3) is 37.8 Å². The largest absolute Gasteiger partial charge is 0.462 e. The molecule has 0 aliphatic heterocycles. The van der Waals surface area contributed by atoms with Crippen molar-refractivity contribution in [3.63, 3.8) is 0 Å². The molecular weight excluding hydrogens is 375 g/mol. The maximum Gasteiger partial charge on any atom is 0.161 e. The normalized spacial score (nSPS) is 11.7. The lowest BCUT2D eigenvalue weighted by Crippen LogP contribution is -1.92. The van der Waals surface area contributed by atoms with Crippen molar-refractivity contribution in [2.24, 2.45) is 4.99 Å². The minimum absolute atomic E-state index is 0.400. The number of hydrogen-bond donors (Lipinski definition) is 0. The first-order chi connectivity index (χ1) is 13.6. The third kappa shape index (κ3) is 3.16. The molecule has 0 aliphatic rings. The van der Waals surface area contributed by atoms with E-state index in [-0.39, 0.29) is 0 Å². The highest BCUT2D eigenvalue weighted by Crippen LogP contribution is 2.37. The number of nitrogens with zero attached hydrogens (tertiary/aromatic N) is 4. The Labute approximate surface area is 164 Å². The second-order valence-corrected chi connectivity index (χ2v) is 6.97. The zero-order valence-corrected chi connectivity index (χ0v) is 15.8. The Bertz CT molecular complexity index is 1240. The molecule has 0 aliphatic carbocycles. The van der Waals surface area contributed by atoms with Crippen LogP contribution in [0.15, 0.2) is 65.0 Å². The number of halogens is 1. The summed E-state index contributed by atoms with van der Waals surface area (Å²) < 4.78 is 19.1. The highest BCUT2D eigenvalue weighted by molar-refractivity contribution is 7.18. The quantitative estimate of drug-likeness (QED) is 0.324. The van der Waals surface area contributed by atoms with Crippen molar-refractivity contribution < 1.29 is 8.81 Å². The summed E-state index contributed by atoms with van der Waals surface area (Å²) in [6, 6.07) is 5.22. The van der Waals surface area contributed by atoms with E-state index in [4.69, 9.17) is 9.40 Å². The van der Waals surface area contributed by atoms with Gasteiger partial charge in [0.15, 0.2) is 5.58 Å². The fourth-order valence-corrected chi connectivity index (χ4v) is 3.88. The number of fused-ring (bicyclic) bond motifs is 1. The monoisotopic (exact) mass is 390 g/mol. The first kappa shape index (κ1) is 17.9. The molecule has 5 nitrogen and oxygen atoms in total. The lowest BCUT2D eigenvalue weighted by Gasteiger charge is -2.05. The average Bonchev–Trinajstić information content (AvgIpc) is 3.32. The van der Waals surface area contributed by atoms with Gasteiger partial charge < -0.3 is 4.42 Å². The molecule has 138 valence electrons. The second kappa shape index (κ2) is 7.28. The molecule has 4 aromatic heterocycles. The van der Waals surface area contributed by atoms with Gasteiger partial charge in [0.25, 0.3) is 0 Å². The summed E-state index contributed by atoms with van der Waals surface area (Å²) in [5.74, 6) is -0.400. The smallest absolute Gasteiger partial charge is 0.161 e. The van der Waals surface area contributed by atoms with Crippen LogP contribution in [0.2, 0.25) is 0 Å². The lowest BCUT2D eigenvalue weighted by atomic mass is 10.1. The summed E-state index contributed by atoms with van der Waals surface area (Å²) in [6.45, 7) is 9.23. The minimum atomic E-state index is -0.400. The summed E-state index contributed by atoms with van der Waals surface area (Å²) >= 11 is 1.43. The Morgan fingerprint density at radius 1 is 1.29 bits per heavy atom. The number of aryl methyl sites for hydroxylation is 1. The van der Waals surface area contributed by atoms with Crippen molar-refractivity contribution in [3.05, 3.63) is 72.8 Å². The molecule has 0 saturated carbocycles. The van der Waals surface area contributed by atoms with E-state index in [2.05, 4.69) is 28.3 Å². The van der Waals surface area contributed by atoms with Crippen LogP contribution in [-0.2, 0) is 0 Å². The Morgan fingerprint density at radius 2 is 2.14 bits per heavy atom. The van der Waals surface area contributed by atoms with Crippen molar-refractivity contribution in [2.45, 2.75) is 6.92 Å². The van der Waals surface area contributed by atoms with Crippen molar-refractivity contribution in [1.29, 1.82) is 0 Å². The summed E-state index contributed by atoms with van der Waals surface area (Å²) in [6.07, 6.45) is 7.72. The molecule has 0 bridgehead atoms. The standard InChI is InChI=1S/C21H15FN4OS/c1-4-5-16(23-3)18-19-13(6-7-27-19)9-17(26-18)20-12(2)25-21(28-20)14-8-15(22)11-24-10-14/h4-11H,1,3H2,2H3/b16-5-. The highest BCUT2D eigenvalue weighted by atomic mass is 32.1. The van der Waals surface area contributed by atoms with Crippen molar-refractivity contribution in [2.75, 3.05) is 0 Å². The summed E-state index contributed by atoms with van der Waals surface area (Å²) in [7, 11) is 0. The number of allylic oxidation sites excluding steroid dienone is 2. The zero-order valence-electron chi connectivity index (χ0n) is 15.0. The molecule has 0 spiro atoms. The lowest BCUT2D eigenvalue weighted by molar-refractivity contribution is 0.613. The van der Waals surface area contributed by atoms with E-state index in [0.717, 1.165) is 21.7 Å². The molecule has 4 heterocycles. The molecule has 0 amide bonds. The SMILES string of the molecule is C=C/C=C(\N=C)c1nc(-c2sc(-c3cncc(F)c3)nc2C)cc2ccoc12. The first-order valence-corrected chi connectivity index (χ1v) is 9.19. The number of aliphatic imine (C=N–C) groups is 1. The number of furan rings is 1. The van der Waals surface area contributed by atoms with Crippen molar-refractivity contribution in [1.82, 2.24) is 15.0 Å². The Balaban J connectivity index is 1.89. The van der Waals surface area contributed by atoms with E-state index < -0.39 is 5.82 Å². The van der Waals surface area contributed by atoms with Crippen LogP contribution in [0, 0.1) is 12.7 Å². The predicted octanol–water partition coefficient (Wildman–Crippen LogP) is 5.69. The predicted molar refractivity (Wildman–Crippen MR) is 111 cm³/mol. The molecule has 4 rings (SSSR count). The minimum Gasteiger partial charge on any atom is -0.462 e. The topological polar surface area (TPSA) is 64.2 Å². The van der Waals surface area contributed by atoms with Gasteiger partial charge in [-0.1, -0.05) is 12.7 Å². The molecule has 0 fully saturated rings. The summed E-state index contributed by atoms with van der Waals surface area (Å²) in [4.78, 5) is 18.2. The molecule has 7 heteroatoms. The van der Waals surface area contributed by atoms with Crippen LogP contribution in [0.5, 0.6) is 0 Å². The second-order valence-electron chi connectivity index (χ2n) is 5.97. The number of rotatable bonds is 5. The Morgan fingerprint density at radius 3 is 2.89 bits per heavy atom. The van der Waals surface area contributed by atoms with E-state index in [1.807, 2.05) is 19.1 Å². The molecule has 0 unspecified atom stereocenters. The van der Waals surface area contributed by atoms with Crippen LogP contribution in [0.4, 0.5) is 4.39 Å². The first-order valence-electron chi connectivity index (χ1n) is 8.37. The molecule has 0 radical (unpaired) electrons. The molecule has 0 saturated heterocycles. The van der Waals surface area contributed by atoms with Gasteiger partial charge in [-0.2, -0.15) is 0 Å². The van der Waals surface area contributed by atoms with Crippen LogP contribution >= 0.6 is 11.3 Å². The van der Waals surface area contributed by atoms with Crippen LogP contribution in [-0.4, -0.2) is 21.7 Å². The maximum absolute atomic E-state index is 13.5. The zero-order chi connectivity index (χ0) is 19.7. The Kier molecular flexibility index (Phi) is 4.67. The molecule has 4 aromatic rings. The highest BCUT2D eigenvalue weighted by Gasteiger charge is 2.18. The Hall–Kier alpha value is -3.45. The van der Waals surface area contributed by atoms with E-state index >= 15 is 0 Å². The fourth-order valence-electron chi connectivity index (χ4n) is 2.87. The number of hydrogen-bond acceptors (Lipinski definition) is 6. The summed E-state index contributed by atoms with van der Waals surface area (Å²) in [5, 5.41) is 1.57. The number of pyridine rings is 2. The van der Waals surface area contributed by atoms with Crippen LogP contribution in [0.3, 0.4) is 0 Å². The van der Waals surface area contributed by atoms with Crippen LogP contribution in [0.1, 0.15) is 11.4 Å². The number of thiazole rings is 1. The molecule has 0 atom stereocenters. The van der Waals surface area contributed by atoms with E-state index in [1.54, 1.807) is 24.6 Å². The molecule has 0 aromatic carbocycles. The van der Waals surface area contributed by atoms with Gasteiger partial charge in [-0.3, -0.25) is 9.98 Å². The van der Waals surface area contributed by atoms with Gasteiger partial charge in [-0.25, -0.2) is 14.4 Å². The maximum atomic E-state index is 13.5. The van der Waals surface area contributed by atoms with E-state index in [0.29, 0.717) is 27.5 Å². The van der Waals surface area contributed by atoms with Crippen molar-refractivity contribution >= 4 is 34.7 Å². The average molecular weight is 390 g/mol. The van der Waals surface area contributed by atoms with Gasteiger partial charge in [-0.15, -0.1) is 11.3 Å². The van der Waals surface area contributed by atoms with Crippen LogP contribution < -0.4 is 0 Å². The van der Waals surface area contributed by atoms with Gasteiger partial charge >= 0.3 is 0 Å².